The second kappa shape index (κ2) is 6.12. The van der Waals surface area contributed by atoms with Gasteiger partial charge in [0, 0.05) is 18.4 Å². The van der Waals surface area contributed by atoms with E-state index < -0.39 is 15.8 Å². The van der Waals surface area contributed by atoms with E-state index in [1.165, 1.54) is 24.7 Å². The predicted molar refractivity (Wildman–Crippen MR) is 71.8 cm³/mol. The number of imidazole rings is 1. The van der Waals surface area contributed by atoms with Crippen LogP contribution < -0.4 is 10.0 Å². The number of nitrogens with one attached hydrogen (secondary N) is 3. The van der Waals surface area contributed by atoms with Gasteiger partial charge in [0.1, 0.15) is 5.82 Å². The first-order valence-electron chi connectivity index (χ1n) is 5.93. The van der Waals surface area contributed by atoms with E-state index in [1.807, 2.05) is 0 Å². The lowest BCUT2D eigenvalue weighted by Crippen LogP contribution is -2.25. The number of rotatable bonds is 6. The van der Waals surface area contributed by atoms with Crippen LogP contribution in [0.2, 0.25) is 0 Å². The number of hydrogen-bond donors (Lipinski definition) is 3. The number of nitrogens with zero attached hydrogens (tertiary/aromatic N) is 1. The molecule has 8 heteroatoms. The summed E-state index contributed by atoms with van der Waals surface area (Å²) in [5.41, 5.74) is 1.13. The summed E-state index contributed by atoms with van der Waals surface area (Å²) in [4.78, 5) is 6.52. The maximum Gasteiger partial charge on any atom is 0.241 e. The molecule has 0 saturated heterocycles. The summed E-state index contributed by atoms with van der Waals surface area (Å²) in [6.07, 6.45) is 2.97. The van der Waals surface area contributed by atoms with Crippen LogP contribution in [0.1, 0.15) is 11.3 Å². The minimum atomic E-state index is -3.79. The fraction of sp³-hybridized carbons (Fsp3) is 0.250. The van der Waals surface area contributed by atoms with E-state index in [4.69, 9.17) is 0 Å². The highest BCUT2D eigenvalue weighted by Crippen LogP contribution is 2.17. The van der Waals surface area contributed by atoms with Crippen LogP contribution >= 0.6 is 0 Å². The molecule has 0 aliphatic heterocycles. The molecule has 0 saturated carbocycles. The molecule has 6 nitrogen and oxygen atoms in total. The zero-order chi connectivity index (χ0) is 14.6. The SMILES string of the molecule is CNCc1ccc(F)cc1S(=O)(=O)NCc1cnc[nH]1. The van der Waals surface area contributed by atoms with Crippen molar-refractivity contribution < 1.29 is 12.8 Å². The van der Waals surface area contributed by atoms with Crippen molar-refractivity contribution in [1.29, 1.82) is 0 Å². The molecule has 1 aromatic carbocycles. The van der Waals surface area contributed by atoms with Crippen LogP contribution in [0.3, 0.4) is 0 Å². The molecule has 0 aliphatic rings. The Hall–Kier alpha value is -1.77. The molecule has 2 aromatic rings. The first-order valence-corrected chi connectivity index (χ1v) is 7.41. The lowest BCUT2D eigenvalue weighted by molar-refractivity contribution is 0.574. The van der Waals surface area contributed by atoms with Crippen molar-refractivity contribution in [2.24, 2.45) is 0 Å². The molecule has 108 valence electrons. The van der Waals surface area contributed by atoms with Crippen LogP contribution in [-0.4, -0.2) is 25.4 Å². The van der Waals surface area contributed by atoms with E-state index in [0.29, 0.717) is 17.8 Å². The maximum absolute atomic E-state index is 13.3. The zero-order valence-corrected chi connectivity index (χ0v) is 11.7. The Morgan fingerprint density at radius 2 is 2.15 bits per heavy atom. The van der Waals surface area contributed by atoms with Gasteiger partial charge in [-0.1, -0.05) is 6.07 Å². The summed E-state index contributed by atoms with van der Waals surface area (Å²) in [7, 11) is -2.10. The van der Waals surface area contributed by atoms with Crippen molar-refractivity contribution in [1.82, 2.24) is 20.0 Å². The van der Waals surface area contributed by atoms with Crippen molar-refractivity contribution in [3.8, 4) is 0 Å². The molecule has 0 radical (unpaired) electrons. The van der Waals surface area contributed by atoms with Crippen molar-refractivity contribution in [3.63, 3.8) is 0 Å². The van der Waals surface area contributed by atoms with Gasteiger partial charge in [-0.25, -0.2) is 22.5 Å². The molecule has 1 heterocycles. The van der Waals surface area contributed by atoms with Crippen molar-refractivity contribution >= 4 is 10.0 Å². The number of hydrogen-bond acceptors (Lipinski definition) is 4. The maximum atomic E-state index is 13.3. The Balaban J connectivity index is 2.26. The zero-order valence-electron chi connectivity index (χ0n) is 10.9. The lowest BCUT2D eigenvalue weighted by atomic mass is 10.2. The standard InChI is InChI=1S/C12H15FN4O2S/c1-14-5-9-2-3-10(13)4-12(9)20(18,19)17-7-11-6-15-8-16-11/h2-4,6,8,14,17H,5,7H2,1H3,(H,15,16). The fourth-order valence-electron chi connectivity index (χ4n) is 1.75. The van der Waals surface area contributed by atoms with Crippen LogP contribution in [0, 0.1) is 5.82 Å². The highest BCUT2D eigenvalue weighted by molar-refractivity contribution is 7.89. The second-order valence-corrected chi connectivity index (χ2v) is 5.92. The fourth-order valence-corrected chi connectivity index (χ4v) is 3.00. The summed E-state index contributed by atoms with van der Waals surface area (Å²) in [6.45, 7) is 0.401. The van der Waals surface area contributed by atoms with Crippen molar-refractivity contribution in [2.45, 2.75) is 18.0 Å². The van der Waals surface area contributed by atoms with E-state index in [9.17, 15) is 12.8 Å². The third-order valence-electron chi connectivity index (χ3n) is 2.69. The molecule has 0 fully saturated rings. The predicted octanol–water partition coefficient (Wildman–Crippen LogP) is 0.747. The van der Waals surface area contributed by atoms with Gasteiger partial charge in [-0.05, 0) is 24.7 Å². The van der Waals surface area contributed by atoms with Crippen LogP contribution in [0.15, 0.2) is 35.6 Å². The van der Waals surface area contributed by atoms with Gasteiger partial charge in [0.2, 0.25) is 10.0 Å². The van der Waals surface area contributed by atoms with Crippen LogP contribution in [0.4, 0.5) is 4.39 Å². The monoisotopic (exact) mass is 298 g/mol. The average Bonchev–Trinajstić information content (AvgIpc) is 2.92. The van der Waals surface area contributed by atoms with E-state index in [-0.39, 0.29) is 11.4 Å². The molecule has 3 N–H and O–H groups in total. The summed E-state index contributed by atoms with van der Waals surface area (Å²) in [6, 6.07) is 3.71. The average molecular weight is 298 g/mol. The van der Waals surface area contributed by atoms with Crippen LogP contribution in [-0.2, 0) is 23.1 Å². The Labute approximate surface area is 116 Å². The molecule has 1 aromatic heterocycles. The normalized spacial score (nSPS) is 11.7. The largest absolute Gasteiger partial charge is 0.347 e. The highest BCUT2D eigenvalue weighted by Gasteiger charge is 2.19. The van der Waals surface area contributed by atoms with Gasteiger partial charge in [0.15, 0.2) is 0 Å². The molecular formula is C12H15FN4O2S. The van der Waals surface area contributed by atoms with E-state index in [1.54, 1.807) is 7.05 Å². The van der Waals surface area contributed by atoms with Gasteiger partial charge >= 0.3 is 0 Å². The first kappa shape index (κ1) is 14.6. The van der Waals surface area contributed by atoms with E-state index >= 15 is 0 Å². The molecule has 0 unspecified atom stereocenters. The van der Waals surface area contributed by atoms with Crippen molar-refractivity contribution in [2.75, 3.05) is 7.05 Å². The second-order valence-electron chi connectivity index (χ2n) is 4.18. The third kappa shape index (κ3) is 3.41. The first-order chi connectivity index (χ1) is 9.53. The Kier molecular flexibility index (Phi) is 4.48. The minimum Gasteiger partial charge on any atom is -0.347 e. The molecule has 0 aliphatic carbocycles. The summed E-state index contributed by atoms with van der Waals surface area (Å²) < 4.78 is 40.2. The number of H-pyrrole nitrogens is 1. The minimum absolute atomic E-state index is 0.0636. The van der Waals surface area contributed by atoms with Gasteiger partial charge in [0.25, 0.3) is 0 Å². The molecule has 0 bridgehead atoms. The molecule has 0 spiro atoms. The summed E-state index contributed by atoms with van der Waals surface area (Å²) in [5, 5.41) is 2.85. The Morgan fingerprint density at radius 3 is 2.80 bits per heavy atom. The van der Waals surface area contributed by atoms with E-state index in [0.717, 1.165) is 6.07 Å². The van der Waals surface area contributed by atoms with Gasteiger partial charge in [-0.2, -0.15) is 0 Å². The van der Waals surface area contributed by atoms with Gasteiger partial charge in [-0.3, -0.25) is 0 Å². The number of aromatic amines is 1. The topological polar surface area (TPSA) is 86.9 Å². The molecule has 0 atom stereocenters. The summed E-state index contributed by atoms with van der Waals surface area (Å²) >= 11 is 0. The number of benzene rings is 1. The number of aromatic nitrogens is 2. The van der Waals surface area contributed by atoms with Gasteiger partial charge < -0.3 is 10.3 Å². The number of halogens is 1. The highest BCUT2D eigenvalue weighted by atomic mass is 32.2. The Morgan fingerprint density at radius 1 is 1.35 bits per heavy atom. The molecule has 2 rings (SSSR count). The smallest absolute Gasteiger partial charge is 0.241 e. The van der Waals surface area contributed by atoms with Crippen LogP contribution in [0.5, 0.6) is 0 Å². The Bertz CT molecular complexity index is 671. The third-order valence-corrected chi connectivity index (χ3v) is 4.18. The lowest BCUT2D eigenvalue weighted by Gasteiger charge is -2.11. The molecule has 20 heavy (non-hydrogen) atoms. The molecular weight excluding hydrogens is 283 g/mol. The molecule has 0 amide bonds. The van der Waals surface area contributed by atoms with Gasteiger partial charge in [-0.15, -0.1) is 0 Å². The van der Waals surface area contributed by atoms with Gasteiger partial charge in [0.05, 0.1) is 17.8 Å². The quantitative estimate of drug-likeness (QED) is 0.734. The van der Waals surface area contributed by atoms with Crippen LogP contribution in [0.25, 0.3) is 0 Å². The summed E-state index contributed by atoms with van der Waals surface area (Å²) in [5.74, 6) is -0.591. The van der Waals surface area contributed by atoms with Crippen molar-refractivity contribution in [3.05, 3.63) is 47.8 Å². The number of sulfonamides is 1. The van der Waals surface area contributed by atoms with E-state index in [2.05, 4.69) is 20.0 Å².